The predicted molar refractivity (Wildman–Crippen MR) is 91.0 cm³/mol. The van der Waals surface area contributed by atoms with E-state index in [1.807, 2.05) is 0 Å². The minimum Gasteiger partial charge on any atom is -0.431 e. The van der Waals surface area contributed by atoms with Crippen LogP contribution < -0.4 is 0 Å². The molecule has 1 aromatic heterocycles. The Morgan fingerprint density at radius 1 is 1.08 bits per heavy atom. The van der Waals surface area contributed by atoms with Gasteiger partial charge in [0.2, 0.25) is 0 Å². The van der Waals surface area contributed by atoms with Crippen LogP contribution >= 0.6 is 11.8 Å². The van der Waals surface area contributed by atoms with Crippen molar-refractivity contribution in [3.8, 4) is 0 Å². The second-order valence-corrected chi connectivity index (χ2v) is 8.10. The number of nitrogens with zero attached hydrogens (tertiary/aromatic N) is 3. The van der Waals surface area contributed by atoms with E-state index in [-0.39, 0.29) is 10.1 Å². The normalized spacial score (nSPS) is 11.6. The van der Waals surface area contributed by atoms with Crippen LogP contribution in [0, 0.1) is 20.2 Å². The van der Waals surface area contributed by atoms with Gasteiger partial charge < -0.3 is 4.42 Å². The van der Waals surface area contributed by atoms with E-state index in [9.17, 15) is 28.6 Å². The van der Waals surface area contributed by atoms with Crippen molar-refractivity contribution >= 4 is 44.1 Å². The number of nitro groups is 2. The number of oxazole rings is 1. The minimum absolute atomic E-state index is 0.0375. The first-order valence-electron chi connectivity index (χ1n) is 6.87. The van der Waals surface area contributed by atoms with E-state index in [2.05, 4.69) is 4.98 Å². The highest BCUT2D eigenvalue weighted by molar-refractivity contribution is 7.99. The lowest BCUT2D eigenvalue weighted by Crippen LogP contribution is -2.03. The van der Waals surface area contributed by atoms with Crippen LogP contribution in [0.5, 0.6) is 0 Å². The lowest BCUT2D eigenvalue weighted by atomic mass is 10.3. The molecule has 26 heavy (non-hydrogen) atoms. The number of sulfone groups is 1. The summed E-state index contributed by atoms with van der Waals surface area (Å²) >= 11 is 0.587. The summed E-state index contributed by atoms with van der Waals surface area (Å²) in [6.07, 6.45) is 0.809. The lowest BCUT2D eigenvalue weighted by molar-refractivity contribution is -0.400. The summed E-state index contributed by atoms with van der Waals surface area (Å²) in [6.45, 7) is 0. The molecule has 3 rings (SSSR count). The van der Waals surface area contributed by atoms with Crippen molar-refractivity contribution in [2.75, 3.05) is 6.26 Å². The quantitative estimate of drug-likeness (QED) is 0.469. The zero-order valence-electron chi connectivity index (χ0n) is 13.0. The molecular formula is C14H9N3O7S2. The van der Waals surface area contributed by atoms with Gasteiger partial charge in [-0.25, -0.2) is 13.4 Å². The van der Waals surface area contributed by atoms with E-state index in [4.69, 9.17) is 4.42 Å². The number of hydrogen-bond acceptors (Lipinski definition) is 9. The summed E-state index contributed by atoms with van der Waals surface area (Å²) in [7, 11) is -3.88. The van der Waals surface area contributed by atoms with Crippen molar-refractivity contribution in [1.29, 1.82) is 0 Å². The number of nitro benzene ring substituents is 2. The molecule has 10 nitrogen and oxygen atoms in total. The second kappa shape index (κ2) is 6.38. The van der Waals surface area contributed by atoms with E-state index in [0.717, 1.165) is 18.4 Å². The van der Waals surface area contributed by atoms with Crippen LogP contribution in [0.1, 0.15) is 0 Å². The molecule has 0 aliphatic carbocycles. The van der Waals surface area contributed by atoms with Gasteiger partial charge in [0.05, 0.1) is 14.7 Å². The Morgan fingerprint density at radius 3 is 2.15 bits per heavy atom. The third-order valence-electron chi connectivity index (χ3n) is 3.31. The first-order chi connectivity index (χ1) is 12.2. The number of benzene rings is 2. The molecule has 0 aliphatic rings. The van der Waals surface area contributed by atoms with Gasteiger partial charge in [-0.15, -0.1) is 0 Å². The largest absolute Gasteiger partial charge is 0.431 e. The SMILES string of the molecule is CS(=O)(=O)c1cc([N+](=O)[O-])c(Sc2nc3ccccc3o2)c([N+](=O)[O-])c1. The zero-order valence-corrected chi connectivity index (χ0v) is 14.6. The summed E-state index contributed by atoms with van der Waals surface area (Å²) in [5.74, 6) is 0. The number of para-hydroxylation sites is 2. The van der Waals surface area contributed by atoms with Gasteiger partial charge in [0, 0.05) is 18.4 Å². The fraction of sp³-hybridized carbons (Fsp3) is 0.0714. The van der Waals surface area contributed by atoms with Gasteiger partial charge in [-0.05, 0) is 23.9 Å². The Bertz CT molecular complexity index is 1090. The summed E-state index contributed by atoms with van der Waals surface area (Å²) < 4.78 is 28.8. The molecule has 0 saturated carbocycles. The van der Waals surface area contributed by atoms with Gasteiger partial charge in [0.1, 0.15) is 5.52 Å². The van der Waals surface area contributed by atoms with Crippen molar-refractivity contribution < 1.29 is 22.7 Å². The van der Waals surface area contributed by atoms with Crippen LogP contribution in [0.25, 0.3) is 11.1 Å². The third kappa shape index (κ3) is 3.36. The zero-order chi connectivity index (χ0) is 19.1. The number of aromatic nitrogens is 1. The second-order valence-electron chi connectivity index (χ2n) is 5.13. The highest BCUT2D eigenvalue weighted by atomic mass is 32.2. The summed E-state index contributed by atoms with van der Waals surface area (Å²) in [5, 5.41) is 22.7. The van der Waals surface area contributed by atoms with Gasteiger partial charge >= 0.3 is 0 Å². The van der Waals surface area contributed by atoms with Crippen LogP contribution in [0.15, 0.2) is 55.8 Å². The highest BCUT2D eigenvalue weighted by Gasteiger charge is 2.31. The number of fused-ring (bicyclic) bond motifs is 1. The standard InChI is InChI=1S/C14H9N3O7S2/c1-26(22,23)8-6-10(16(18)19)13(11(7-8)17(20)21)25-14-15-9-4-2-3-5-12(9)24-14/h2-7H,1H3. The van der Waals surface area contributed by atoms with Crippen molar-refractivity contribution in [1.82, 2.24) is 4.98 Å². The molecule has 0 amide bonds. The Labute approximate surface area is 150 Å². The molecule has 0 unspecified atom stereocenters. The summed E-state index contributed by atoms with van der Waals surface area (Å²) in [6, 6.07) is 8.26. The Balaban J connectivity index is 2.21. The van der Waals surface area contributed by atoms with Crippen LogP contribution in [0.4, 0.5) is 11.4 Å². The highest BCUT2D eigenvalue weighted by Crippen LogP contribution is 2.43. The van der Waals surface area contributed by atoms with Gasteiger partial charge in [-0.2, -0.15) is 0 Å². The maximum Gasteiger partial charge on any atom is 0.291 e. The number of rotatable bonds is 5. The molecule has 0 fully saturated rings. The molecule has 0 N–H and O–H groups in total. The molecule has 0 spiro atoms. The Morgan fingerprint density at radius 2 is 1.65 bits per heavy atom. The van der Waals surface area contributed by atoms with Crippen molar-refractivity contribution in [3.05, 3.63) is 56.6 Å². The number of hydrogen-bond donors (Lipinski definition) is 0. The van der Waals surface area contributed by atoms with Crippen LogP contribution in [-0.2, 0) is 9.84 Å². The first kappa shape index (κ1) is 17.8. The van der Waals surface area contributed by atoms with Crippen LogP contribution in [-0.4, -0.2) is 29.5 Å². The van der Waals surface area contributed by atoms with E-state index in [1.165, 1.54) is 0 Å². The maximum absolute atomic E-state index is 11.7. The van der Waals surface area contributed by atoms with Gasteiger partial charge in [0.15, 0.2) is 20.3 Å². The van der Waals surface area contributed by atoms with E-state index in [0.29, 0.717) is 22.9 Å². The smallest absolute Gasteiger partial charge is 0.291 e. The molecule has 1 heterocycles. The monoisotopic (exact) mass is 395 g/mol. The molecule has 2 aromatic carbocycles. The molecule has 3 aromatic rings. The van der Waals surface area contributed by atoms with Crippen LogP contribution in [0.2, 0.25) is 0 Å². The van der Waals surface area contributed by atoms with Crippen molar-refractivity contribution in [3.63, 3.8) is 0 Å². The predicted octanol–water partition coefficient (Wildman–Crippen LogP) is 3.20. The van der Waals surface area contributed by atoms with Gasteiger partial charge in [0.25, 0.3) is 16.6 Å². The van der Waals surface area contributed by atoms with Crippen LogP contribution in [0.3, 0.4) is 0 Å². The molecule has 0 bridgehead atoms. The van der Waals surface area contributed by atoms with E-state index < -0.39 is 36.0 Å². The summed E-state index contributed by atoms with van der Waals surface area (Å²) in [4.78, 5) is 24.2. The topological polar surface area (TPSA) is 146 Å². The lowest BCUT2D eigenvalue weighted by Gasteiger charge is -2.04. The van der Waals surface area contributed by atoms with Gasteiger partial charge in [-0.3, -0.25) is 20.2 Å². The fourth-order valence-corrected chi connectivity index (χ4v) is 3.72. The first-order valence-corrected chi connectivity index (χ1v) is 9.58. The summed E-state index contributed by atoms with van der Waals surface area (Å²) in [5.41, 5.74) is -0.542. The van der Waals surface area contributed by atoms with Crippen molar-refractivity contribution in [2.24, 2.45) is 0 Å². The molecule has 0 aliphatic heterocycles. The molecule has 0 saturated heterocycles. The fourth-order valence-electron chi connectivity index (χ4n) is 2.15. The average molecular weight is 395 g/mol. The molecular weight excluding hydrogens is 386 g/mol. The molecule has 0 atom stereocenters. The molecule has 134 valence electrons. The van der Waals surface area contributed by atoms with Gasteiger partial charge in [-0.1, -0.05) is 12.1 Å². The average Bonchev–Trinajstić information content (AvgIpc) is 2.95. The Hall–Kier alpha value is -2.99. The van der Waals surface area contributed by atoms with E-state index >= 15 is 0 Å². The molecule has 12 heteroatoms. The Kier molecular flexibility index (Phi) is 4.38. The van der Waals surface area contributed by atoms with Crippen molar-refractivity contribution in [2.45, 2.75) is 15.0 Å². The van der Waals surface area contributed by atoms with E-state index in [1.54, 1.807) is 24.3 Å². The molecule has 0 radical (unpaired) electrons. The third-order valence-corrected chi connectivity index (χ3v) is 5.37. The minimum atomic E-state index is -3.88. The maximum atomic E-state index is 11.7.